The minimum atomic E-state index is -0.257. The van der Waals surface area contributed by atoms with Gasteiger partial charge in [0.1, 0.15) is 17.3 Å². The second-order valence-corrected chi connectivity index (χ2v) is 6.13. The van der Waals surface area contributed by atoms with Crippen molar-refractivity contribution < 1.29 is 8.81 Å². The van der Waals surface area contributed by atoms with Crippen molar-refractivity contribution in [1.29, 1.82) is 0 Å². The number of piperazine rings is 1. The van der Waals surface area contributed by atoms with Crippen LogP contribution in [-0.2, 0) is 6.42 Å². The Hall–Kier alpha value is -3.16. The van der Waals surface area contributed by atoms with E-state index in [2.05, 4.69) is 20.1 Å². The van der Waals surface area contributed by atoms with E-state index in [9.17, 15) is 9.18 Å². The van der Waals surface area contributed by atoms with Crippen molar-refractivity contribution in [2.75, 3.05) is 36.0 Å². The smallest absolute Gasteiger partial charge is 0.274 e. The van der Waals surface area contributed by atoms with Gasteiger partial charge in [-0.2, -0.15) is 0 Å². The van der Waals surface area contributed by atoms with Gasteiger partial charge in [-0.05, 0) is 36.4 Å². The molecule has 0 bridgehead atoms. The van der Waals surface area contributed by atoms with Crippen molar-refractivity contribution in [2.45, 2.75) is 6.42 Å². The Labute approximate surface area is 149 Å². The number of aromatic nitrogens is 3. The fraction of sp³-hybridized carbons (Fsp3) is 0.278. The van der Waals surface area contributed by atoms with Crippen LogP contribution < -0.4 is 15.4 Å². The largest absolute Gasteiger partial charge is 0.469 e. The van der Waals surface area contributed by atoms with Crippen molar-refractivity contribution in [2.24, 2.45) is 0 Å². The van der Waals surface area contributed by atoms with Gasteiger partial charge in [-0.1, -0.05) is 0 Å². The molecule has 0 radical (unpaired) electrons. The van der Waals surface area contributed by atoms with Crippen LogP contribution in [0.5, 0.6) is 0 Å². The van der Waals surface area contributed by atoms with Crippen molar-refractivity contribution in [3.05, 3.63) is 70.3 Å². The molecule has 1 saturated heterocycles. The first-order chi connectivity index (χ1) is 12.7. The van der Waals surface area contributed by atoms with Crippen molar-refractivity contribution >= 4 is 11.6 Å². The second kappa shape index (κ2) is 6.99. The van der Waals surface area contributed by atoms with E-state index in [0.717, 1.165) is 18.8 Å². The van der Waals surface area contributed by atoms with E-state index in [0.29, 0.717) is 36.9 Å². The third-order valence-electron chi connectivity index (χ3n) is 4.45. The molecule has 2 aromatic heterocycles. The predicted molar refractivity (Wildman–Crippen MR) is 95.0 cm³/mol. The Kier molecular flexibility index (Phi) is 4.39. The predicted octanol–water partition coefficient (Wildman–Crippen LogP) is 1.81. The van der Waals surface area contributed by atoms with Gasteiger partial charge in [-0.25, -0.2) is 4.39 Å². The lowest BCUT2D eigenvalue weighted by Gasteiger charge is -2.36. The summed E-state index contributed by atoms with van der Waals surface area (Å²) in [5, 5.41) is 8.23. The average molecular weight is 355 g/mol. The summed E-state index contributed by atoms with van der Waals surface area (Å²) in [6, 6.07) is 10.0. The van der Waals surface area contributed by atoms with Gasteiger partial charge in [0.15, 0.2) is 0 Å². The maximum absolute atomic E-state index is 13.0. The number of nitrogens with one attached hydrogen (secondary N) is 1. The van der Waals surface area contributed by atoms with Gasteiger partial charge >= 0.3 is 0 Å². The maximum Gasteiger partial charge on any atom is 0.274 e. The molecule has 3 heterocycles. The first-order valence-electron chi connectivity index (χ1n) is 8.43. The highest BCUT2D eigenvalue weighted by Crippen LogP contribution is 2.18. The Morgan fingerprint density at radius 3 is 2.42 bits per heavy atom. The Morgan fingerprint density at radius 1 is 1.04 bits per heavy atom. The van der Waals surface area contributed by atoms with Crippen LogP contribution in [0.25, 0.3) is 0 Å². The monoisotopic (exact) mass is 355 g/mol. The van der Waals surface area contributed by atoms with Gasteiger partial charge in [0, 0.05) is 31.9 Å². The number of aromatic amines is 1. The summed E-state index contributed by atoms with van der Waals surface area (Å²) < 4.78 is 18.3. The van der Waals surface area contributed by atoms with E-state index in [4.69, 9.17) is 4.42 Å². The quantitative estimate of drug-likeness (QED) is 0.769. The number of benzene rings is 1. The molecule has 1 aliphatic rings. The number of anilines is 2. The molecule has 0 unspecified atom stereocenters. The van der Waals surface area contributed by atoms with Crippen LogP contribution in [0.2, 0.25) is 0 Å². The zero-order chi connectivity index (χ0) is 17.9. The molecular weight excluding hydrogens is 337 g/mol. The van der Waals surface area contributed by atoms with Crippen LogP contribution in [0.1, 0.15) is 11.5 Å². The molecular formula is C18H18FN5O2. The average Bonchev–Trinajstić information content (AvgIpc) is 3.17. The van der Waals surface area contributed by atoms with E-state index in [-0.39, 0.29) is 11.4 Å². The van der Waals surface area contributed by atoms with E-state index in [1.165, 1.54) is 12.1 Å². The summed E-state index contributed by atoms with van der Waals surface area (Å²) >= 11 is 0. The van der Waals surface area contributed by atoms with Gasteiger partial charge in [-0.3, -0.25) is 9.78 Å². The molecule has 4 rings (SSSR count). The van der Waals surface area contributed by atoms with Gasteiger partial charge in [-0.15, -0.1) is 10.2 Å². The number of H-pyrrole nitrogens is 1. The van der Waals surface area contributed by atoms with Crippen LogP contribution >= 0.6 is 0 Å². The minimum Gasteiger partial charge on any atom is -0.469 e. The molecule has 1 N–H and O–H groups in total. The van der Waals surface area contributed by atoms with Crippen molar-refractivity contribution in [3.8, 4) is 0 Å². The fourth-order valence-electron chi connectivity index (χ4n) is 3.02. The van der Waals surface area contributed by atoms with Gasteiger partial charge in [0.2, 0.25) is 5.95 Å². The molecule has 8 heteroatoms. The molecule has 0 saturated carbocycles. The summed E-state index contributed by atoms with van der Waals surface area (Å²) in [5.41, 5.74) is 1.06. The molecule has 0 amide bonds. The first-order valence-corrected chi connectivity index (χ1v) is 8.43. The number of furan rings is 1. The molecule has 0 spiro atoms. The Bertz CT molecular complexity index is 916. The highest BCUT2D eigenvalue weighted by atomic mass is 19.1. The summed E-state index contributed by atoms with van der Waals surface area (Å²) in [6.07, 6.45) is 1.87. The van der Waals surface area contributed by atoms with E-state index in [1.54, 1.807) is 30.5 Å². The maximum atomic E-state index is 13.0. The summed E-state index contributed by atoms with van der Waals surface area (Å²) in [4.78, 5) is 19.2. The van der Waals surface area contributed by atoms with Gasteiger partial charge < -0.3 is 14.2 Å². The fourth-order valence-corrected chi connectivity index (χ4v) is 3.02. The third kappa shape index (κ3) is 3.44. The van der Waals surface area contributed by atoms with Gasteiger partial charge in [0.25, 0.3) is 5.56 Å². The summed E-state index contributed by atoms with van der Waals surface area (Å²) in [5.74, 6) is 0.900. The third-order valence-corrected chi connectivity index (χ3v) is 4.45. The van der Waals surface area contributed by atoms with Crippen LogP contribution in [0.4, 0.5) is 16.0 Å². The van der Waals surface area contributed by atoms with E-state index >= 15 is 0 Å². The lowest BCUT2D eigenvalue weighted by Crippen LogP contribution is -2.47. The molecule has 0 atom stereocenters. The van der Waals surface area contributed by atoms with Crippen molar-refractivity contribution in [1.82, 2.24) is 15.2 Å². The minimum absolute atomic E-state index is 0.241. The highest BCUT2D eigenvalue weighted by Gasteiger charge is 2.20. The van der Waals surface area contributed by atoms with Crippen molar-refractivity contribution in [3.63, 3.8) is 0 Å². The molecule has 7 nitrogen and oxygen atoms in total. The summed E-state index contributed by atoms with van der Waals surface area (Å²) in [6.45, 7) is 2.89. The van der Waals surface area contributed by atoms with Crippen LogP contribution in [0.15, 0.2) is 51.9 Å². The lowest BCUT2D eigenvalue weighted by atomic mass is 10.2. The van der Waals surface area contributed by atoms with E-state index in [1.807, 2.05) is 4.90 Å². The highest BCUT2D eigenvalue weighted by molar-refractivity contribution is 5.48. The van der Waals surface area contributed by atoms with Crippen LogP contribution in [-0.4, -0.2) is 41.4 Å². The summed E-state index contributed by atoms with van der Waals surface area (Å²) in [7, 11) is 0. The molecule has 1 aliphatic heterocycles. The van der Waals surface area contributed by atoms with Gasteiger partial charge in [0.05, 0.1) is 12.7 Å². The number of rotatable bonds is 4. The molecule has 1 fully saturated rings. The topological polar surface area (TPSA) is 78.3 Å². The van der Waals surface area contributed by atoms with Crippen LogP contribution in [0.3, 0.4) is 0 Å². The lowest BCUT2D eigenvalue weighted by molar-refractivity contribution is 0.517. The zero-order valence-electron chi connectivity index (χ0n) is 14.1. The molecule has 3 aromatic rings. The van der Waals surface area contributed by atoms with E-state index < -0.39 is 0 Å². The number of nitrogens with zero attached hydrogens (tertiary/aromatic N) is 4. The molecule has 0 aliphatic carbocycles. The zero-order valence-corrected chi connectivity index (χ0v) is 14.1. The molecule has 26 heavy (non-hydrogen) atoms. The SMILES string of the molecule is O=c1[nH]c(N2CCN(c3ccc(F)cc3)CC2)nnc1Cc1ccco1. The number of halogens is 1. The van der Waals surface area contributed by atoms with Crippen LogP contribution in [0, 0.1) is 5.82 Å². The standard InChI is InChI=1S/C18H18FN5O2/c19-13-3-5-14(6-4-13)23-7-9-24(10-8-23)18-20-17(25)16(21-22-18)12-15-2-1-11-26-15/h1-6,11H,7-10,12H2,(H,20,22,25). The molecule has 134 valence electrons. The normalized spacial score (nSPS) is 14.7. The number of hydrogen-bond acceptors (Lipinski definition) is 6. The number of hydrogen-bond donors (Lipinski definition) is 1. The Balaban J connectivity index is 1.42. The first kappa shape index (κ1) is 16.3. The molecule has 1 aromatic carbocycles. The second-order valence-electron chi connectivity index (χ2n) is 6.13. The Morgan fingerprint density at radius 2 is 1.77 bits per heavy atom.